The monoisotopic (exact) mass is 509 g/mol. The number of aryl methyl sites for hydroxylation is 1. The van der Waals surface area contributed by atoms with Gasteiger partial charge < -0.3 is 4.90 Å². The van der Waals surface area contributed by atoms with E-state index in [2.05, 4.69) is 19.9 Å². The number of imidazole rings is 1. The Bertz CT molecular complexity index is 1550. The topological polar surface area (TPSA) is 118 Å². The summed E-state index contributed by atoms with van der Waals surface area (Å²) in [6, 6.07) is 3.65. The second-order valence-electron chi connectivity index (χ2n) is 8.99. The Morgan fingerprint density at radius 3 is 2.62 bits per heavy atom. The van der Waals surface area contributed by atoms with Gasteiger partial charge in [0.15, 0.2) is 5.82 Å². The lowest BCUT2D eigenvalue weighted by Gasteiger charge is -2.36. The number of hydrazine groups is 1. The summed E-state index contributed by atoms with van der Waals surface area (Å²) in [7, 11) is 1.67. The fraction of sp³-hybridized carbons (Fsp3) is 0.348. The van der Waals surface area contributed by atoms with Crippen LogP contribution in [0.3, 0.4) is 0 Å². The largest absolute Gasteiger partial charge is 0.367 e. The zero-order chi connectivity index (χ0) is 25.7. The molecule has 2 aliphatic heterocycles. The van der Waals surface area contributed by atoms with Crippen LogP contribution < -0.4 is 21.4 Å². The van der Waals surface area contributed by atoms with Gasteiger partial charge in [0.2, 0.25) is 5.78 Å². The Morgan fingerprint density at radius 2 is 1.89 bits per heavy atom. The van der Waals surface area contributed by atoms with Gasteiger partial charge in [-0.3, -0.25) is 29.4 Å². The highest BCUT2D eigenvalue weighted by Crippen LogP contribution is 2.26. The number of hydrogen-bond donors (Lipinski definition) is 1. The highest BCUT2D eigenvalue weighted by atomic mass is 19.1. The van der Waals surface area contributed by atoms with E-state index >= 15 is 0 Å². The molecule has 0 unspecified atom stereocenters. The predicted molar refractivity (Wildman–Crippen MR) is 133 cm³/mol. The van der Waals surface area contributed by atoms with E-state index in [1.165, 1.54) is 21.8 Å². The molecule has 0 bridgehead atoms. The van der Waals surface area contributed by atoms with Crippen molar-refractivity contribution in [3.8, 4) is 0 Å². The lowest BCUT2D eigenvalue weighted by Crippen LogP contribution is -2.47. The van der Waals surface area contributed by atoms with Gasteiger partial charge in [-0.05, 0) is 12.1 Å². The van der Waals surface area contributed by atoms with Gasteiger partial charge in [0.1, 0.15) is 35.4 Å². The van der Waals surface area contributed by atoms with Crippen LogP contribution in [-0.4, -0.2) is 78.7 Å². The van der Waals surface area contributed by atoms with Gasteiger partial charge in [0.05, 0.1) is 11.9 Å². The molecule has 0 atom stereocenters. The maximum absolute atomic E-state index is 14.2. The number of nitrogens with zero attached hydrogens (tertiary/aromatic N) is 10. The average Bonchev–Trinajstić information content (AvgIpc) is 3.40. The molecule has 0 radical (unpaired) electrons. The van der Waals surface area contributed by atoms with Crippen molar-refractivity contribution in [3.05, 3.63) is 70.3 Å². The molecule has 14 heteroatoms. The molecule has 1 fully saturated rings. The average molecular weight is 510 g/mol. The van der Waals surface area contributed by atoms with E-state index in [0.717, 1.165) is 6.07 Å². The summed E-state index contributed by atoms with van der Waals surface area (Å²) in [5.74, 6) is 5.99. The number of nitrogens with two attached hydrogens (primary N) is 1. The molecular formula is C23H25F2N11O. The second kappa shape index (κ2) is 9.05. The molecule has 0 amide bonds. The number of fused-ring (bicyclic) bond motifs is 3. The van der Waals surface area contributed by atoms with Crippen LogP contribution >= 0.6 is 0 Å². The van der Waals surface area contributed by atoms with Crippen molar-refractivity contribution >= 4 is 23.0 Å². The van der Waals surface area contributed by atoms with Crippen LogP contribution in [0.2, 0.25) is 0 Å². The number of piperazine rings is 1. The number of aromatic nitrogens is 6. The van der Waals surface area contributed by atoms with Crippen molar-refractivity contribution in [2.24, 2.45) is 17.9 Å². The summed E-state index contributed by atoms with van der Waals surface area (Å²) >= 11 is 0. The molecule has 2 aliphatic rings. The molecule has 1 saturated heterocycles. The fourth-order valence-electron chi connectivity index (χ4n) is 4.90. The summed E-state index contributed by atoms with van der Waals surface area (Å²) in [4.78, 5) is 35.1. The molecule has 6 rings (SSSR count). The molecular weight excluding hydrogens is 484 g/mol. The van der Waals surface area contributed by atoms with Crippen LogP contribution in [-0.2, 0) is 13.6 Å². The minimum atomic E-state index is -0.590. The van der Waals surface area contributed by atoms with E-state index in [1.807, 2.05) is 4.90 Å². The summed E-state index contributed by atoms with van der Waals surface area (Å²) in [6.07, 6.45) is 4.77. The Labute approximate surface area is 209 Å². The van der Waals surface area contributed by atoms with E-state index < -0.39 is 11.6 Å². The van der Waals surface area contributed by atoms with Gasteiger partial charge in [0, 0.05) is 64.8 Å². The van der Waals surface area contributed by atoms with Crippen LogP contribution in [0.4, 0.5) is 20.3 Å². The summed E-state index contributed by atoms with van der Waals surface area (Å²) in [6.45, 7) is 3.77. The van der Waals surface area contributed by atoms with Gasteiger partial charge in [-0.1, -0.05) is 0 Å². The van der Waals surface area contributed by atoms with E-state index in [-0.39, 0.29) is 12.4 Å². The van der Waals surface area contributed by atoms with Crippen molar-refractivity contribution in [2.75, 3.05) is 49.3 Å². The Hall–Kier alpha value is -4.17. The quantitative estimate of drug-likeness (QED) is 0.380. The lowest BCUT2D eigenvalue weighted by atomic mass is 10.2. The van der Waals surface area contributed by atoms with E-state index in [9.17, 15) is 13.6 Å². The predicted octanol–water partition coefficient (Wildman–Crippen LogP) is 0.214. The molecule has 12 nitrogen and oxygen atoms in total. The van der Waals surface area contributed by atoms with Crippen LogP contribution in [0.5, 0.6) is 0 Å². The van der Waals surface area contributed by atoms with Crippen LogP contribution in [0, 0.1) is 11.6 Å². The molecule has 192 valence electrons. The first-order valence-electron chi connectivity index (χ1n) is 11.9. The molecule has 5 heterocycles. The van der Waals surface area contributed by atoms with Gasteiger partial charge in [-0.2, -0.15) is 4.98 Å². The Morgan fingerprint density at radius 1 is 1.08 bits per heavy atom. The number of rotatable bonds is 5. The number of aliphatic imine (C=N–C) groups is 1. The van der Waals surface area contributed by atoms with E-state index in [0.29, 0.717) is 73.7 Å². The molecule has 0 spiro atoms. The van der Waals surface area contributed by atoms with Gasteiger partial charge in [0.25, 0.3) is 0 Å². The minimum absolute atomic E-state index is 0.200. The second-order valence-corrected chi connectivity index (χ2v) is 8.99. The van der Waals surface area contributed by atoms with E-state index in [1.54, 1.807) is 34.7 Å². The van der Waals surface area contributed by atoms with Crippen molar-refractivity contribution in [2.45, 2.75) is 6.54 Å². The molecule has 4 aromatic rings. The normalized spacial score (nSPS) is 16.4. The van der Waals surface area contributed by atoms with Crippen molar-refractivity contribution in [1.82, 2.24) is 33.6 Å². The third-order valence-electron chi connectivity index (χ3n) is 6.81. The summed E-state index contributed by atoms with van der Waals surface area (Å²) in [5.41, 5.74) is 1.89. The molecule has 1 aromatic carbocycles. The Balaban J connectivity index is 1.23. The highest BCUT2D eigenvalue weighted by molar-refractivity contribution is 6.14. The third-order valence-corrected chi connectivity index (χ3v) is 6.81. The number of halogens is 2. The molecule has 2 N–H and O–H groups in total. The molecule has 37 heavy (non-hydrogen) atoms. The zero-order valence-corrected chi connectivity index (χ0v) is 20.1. The smallest absolute Gasteiger partial charge is 0.345 e. The Kier molecular flexibility index (Phi) is 5.68. The maximum atomic E-state index is 14.2. The first-order valence-corrected chi connectivity index (χ1v) is 11.9. The molecule has 0 saturated carbocycles. The number of hydrogen-bond acceptors (Lipinski definition) is 9. The van der Waals surface area contributed by atoms with Gasteiger partial charge >= 0.3 is 5.69 Å². The van der Waals surface area contributed by atoms with Crippen LogP contribution in [0.1, 0.15) is 11.4 Å². The standard InChI is InChI=1S/C23H25F2N11O/c1-31-23(37)34(11-8-32-6-9-33(10-7-32)18-3-2-15(24)12-16(18)25)22-30-21-20(36(22)31)19(29-14-35(21)26)17-13-27-4-5-28-17/h2-5,12-13H,6-11,14,26H2,1H3. The SMILES string of the molecule is Cn1c(=O)n(CCN2CCN(c3ccc(F)cc3F)CC2)c2nc3c(n21)C(c1cnccn1)=NCN3N. The molecule has 0 aliphatic carbocycles. The lowest BCUT2D eigenvalue weighted by molar-refractivity contribution is 0.247. The first kappa shape index (κ1) is 23.2. The first-order chi connectivity index (χ1) is 17.9. The van der Waals surface area contributed by atoms with Crippen molar-refractivity contribution < 1.29 is 8.78 Å². The van der Waals surface area contributed by atoms with Crippen molar-refractivity contribution in [1.29, 1.82) is 0 Å². The van der Waals surface area contributed by atoms with Crippen LogP contribution in [0.15, 0.2) is 46.6 Å². The van der Waals surface area contributed by atoms with Crippen LogP contribution in [0.25, 0.3) is 5.78 Å². The third kappa shape index (κ3) is 3.94. The van der Waals surface area contributed by atoms with E-state index in [4.69, 9.17) is 10.8 Å². The number of benzene rings is 1. The summed E-state index contributed by atoms with van der Waals surface area (Å²) in [5, 5.41) is 1.44. The van der Waals surface area contributed by atoms with Gasteiger partial charge in [-0.15, -0.1) is 0 Å². The van der Waals surface area contributed by atoms with Gasteiger partial charge in [-0.25, -0.2) is 28.6 Å². The summed E-state index contributed by atoms with van der Waals surface area (Å²) < 4.78 is 32.3. The molecule has 3 aromatic heterocycles. The maximum Gasteiger partial charge on any atom is 0.345 e. The zero-order valence-electron chi connectivity index (χ0n) is 20.1. The number of anilines is 2. The van der Waals surface area contributed by atoms with Crippen molar-refractivity contribution in [3.63, 3.8) is 0 Å². The fourth-order valence-corrected chi connectivity index (χ4v) is 4.90. The highest BCUT2D eigenvalue weighted by Gasteiger charge is 2.31. The minimum Gasteiger partial charge on any atom is -0.367 e.